The fraction of sp³-hybridized carbons (Fsp3) is 0.364. The van der Waals surface area contributed by atoms with E-state index in [0.29, 0.717) is 24.6 Å². The predicted molar refractivity (Wildman–Crippen MR) is 113 cm³/mol. The van der Waals surface area contributed by atoms with Crippen LogP contribution in [0.1, 0.15) is 17.5 Å². The van der Waals surface area contributed by atoms with E-state index in [-0.39, 0.29) is 30.9 Å². The molecule has 0 unspecified atom stereocenters. The lowest BCUT2D eigenvalue weighted by molar-refractivity contribution is -0.126. The molecule has 1 N–H and O–H groups in total. The number of hydrogen-bond acceptors (Lipinski definition) is 5. The number of carbonyl (C=O) groups excluding carboxylic acids is 2. The molecule has 2 aromatic carbocycles. The molecule has 29 heavy (non-hydrogen) atoms. The molecule has 2 aromatic rings. The highest BCUT2D eigenvalue weighted by atomic mass is 32.2. The predicted octanol–water partition coefficient (Wildman–Crippen LogP) is 3.29. The maximum atomic E-state index is 12.5. The van der Waals surface area contributed by atoms with Crippen LogP contribution in [0.5, 0.6) is 11.5 Å². The van der Waals surface area contributed by atoms with Gasteiger partial charge in [-0.3, -0.25) is 9.59 Å². The van der Waals surface area contributed by atoms with E-state index in [1.54, 1.807) is 28.8 Å². The van der Waals surface area contributed by atoms with Gasteiger partial charge in [-0.1, -0.05) is 6.07 Å². The number of nitrogens with zero attached hydrogens (tertiary/aromatic N) is 1. The molecule has 1 fully saturated rings. The van der Waals surface area contributed by atoms with Crippen molar-refractivity contribution in [2.45, 2.75) is 25.2 Å². The highest BCUT2D eigenvalue weighted by Crippen LogP contribution is 2.37. The molecule has 4 rings (SSSR count). The van der Waals surface area contributed by atoms with Gasteiger partial charge in [0.15, 0.2) is 11.5 Å². The molecule has 0 aromatic heterocycles. The van der Waals surface area contributed by atoms with E-state index in [1.807, 2.05) is 6.07 Å². The fourth-order valence-corrected chi connectivity index (χ4v) is 4.34. The van der Waals surface area contributed by atoms with Gasteiger partial charge >= 0.3 is 0 Å². The number of amides is 2. The van der Waals surface area contributed by atoms with Crippen LogP contribution in [0.15, 0.2) is 41.3 Å². The Morgan fingerprint density at radius 2 is 1.97 bits per heavy atom. The molecule has 2 heterocycles. The van der Waals surface area contributed by atoms with Crippen molar-refractivity contribution in [3.8, 4) is 11.5 Å². The Kier molecular flexibility index (Phi) is 5.67. The van der Waals surface area contributed by atoms with Crippen LogP contribution in [0.4, 0.5) is 5.69 Å². The molecule has 6 nitrogen and oxygen atoms in total. The zero-order valence-electron chi connectivity index (χ0n) is 16.6. The normalized spacial score (nSPS) is 17.7. The minimum Gasteiger partial charge on any atom is -0.454 e. The molecule has 0 radical (unpaired) electrons. The van der Waals surface area contributed by atoms with Crippen molar-refractivity contribution in [1.82, 2.24) is 5.32 Å². The van der Waals surface area contributed by atoms with E-state index in [0.717, 1.165) is 11.4 Å². The zero-order chi connectivity index (χ0) is 20.4. The van der Waals surface area contributed by atoms with Crippen molar-refractivity contribution in [3.63, 3.8) is 0 Å². The van der Waals surface area contributed by atoms with Crippen LogP contribution in [0, 0.1) is 19.8 Å². The highest BCUT2D eigenvalue weighted by Gasteiger charge is 2.35. The standard InChI is InChI=1S/C22H24N2O4S/c1-14-3-5-18(9-15(14)2)29-8-7-23-22(26)16-10-21(25)24(12-16)17-4-6-19-20(11-17)28-13-27-19/h3-6,9,11,16H,7-8,10,12-13H2,1-2H3,(H,23,26)/t16-/m1/s1. The minimum absolute atomic E-state index is 0.0477. The second-order valence-electron chi connectivity index (χ2n) is 7.33. The van der Waals surface area contributed by atoms with Crippen molar-refractivity contribution in [3.05, 3.63) is 47.5 Å². The van der Waals surface area contributed by atoms with Crippen LogP contribution >= 0.6 is 11.8 Å². The number of hydrogen-bond donors (Lipinski definition) is 1. The largest absolute Gasteiger partial charge is 0.454 e. The lowest BCUT2D eigenvalue weighted by Gasteiger charge is -2.17. The molecule has 0 saturated carbocycles. The summed E-state index contributed by atoms with van der Waals surface area (Å²) in [5.74, 6) is 1.65. The first-order valence-corrected chi connectivity index (χ1v) is 10.7. The quantitative estimate of drug-likeness (QED) is 0.583. The summed E-state index contributed by atoms with van der Waals surface area (Å²) < 4.78 is 10.7. The number of ether oxygens (including phenoxy) is 2. The first-order valence-electron chi connectivity index (χ1n) is 9.69. The average Bonchev–Trinajstić information content (AvgIpc) is 3.33. The number of aryl methyl sites for hydroxylation is 2. The molecular weight excluding hydrogens is 388 g/mol. The molecule has 1 saturated heterocycles. The Labute approximate surface area is 174 Å². The van der Waals surface area contributed by atoms with Gasteiger partial charge in [-0.05, 0) is 49.2 Å². The second kappa shape index (κ2) is 8.37. The SMILES string of the molecule is Cc1ccc(SCCNC(=O)[C@@H]2CC(=O)N(c3ccc4c(c3)OCO4)C2)cc1C. The van der Waals surface area contributed by atoms with E-state index < -0.39 is 0 Å². The molecule has 0 spiro atoms. The Morgan fingerprint density at radius 3 is 2.79 bits per heavy atom. The lowest BCUT2D eigenvalue weighted by Crippen LogP contribution is -2.34. The summed E-state index contributed by atoms with van der Waals surface area (Å²) in [6, 6.07) is 11.8. The lowest BCUT2D eigenvalue weighted by atomic mass is 10.1. The maximum absolute atomic E-state index is 12.5. The van der Waals surface area contributed by atoms with Crippen LogP contribution in [0.2, 0.25) is 0 Å². The number of benzene rings is 2. The van der Waals surface area contributed by atoms with E-state index >= 15 is 0 Å². The average molecular weight is 413 g/mol. The summed E-state index contributed by atoms with van der Waals surface area (Å²) in [7, 11) is 0. The smallest absolute Gasteiger partial charge is 0.231 e. The van der Waals surface area contributed by atoms with Crippen molar-refractivity contribution in [1.29, 1.82) is 0 Å². The molecule has 2 amide bonds. The van der Waals surface area contributed by atoms with Crippen LogP contribution in [-0.2, 0) is 9.59 Å². The Bertz CT molecular complexity index is 946. The van der Waals surface area contributed by atoms with Gasteiger partial charge in [-0.25, -0.2) is 0 Å². The summed E-state index contributed by atoms with van der Waals surface area (Å²) in [4.78, 5) is 27.8. The van der Waals surface area contributed by atoms with E-state index in [9.17, 15) is 9.59 Å². The Morgan fingerprint density at radius 1 is 1.14 bits per heavy atom. The molecular formula is C22H24N2O4S. The number of carbonyl (C=O) groups is 2. The van der Waals surface area contributed by atoms with E-state index in [2.05, 4.69) is 37.4 Å². The van der Waals surface area contributed by atoms with Gasteiger partial charge in [0.25, 0.3) is 0 Å². The van der Waals surface area contributed by atoms with Gasteiger partial charge in [0.2, 0.25) is 18.6 Å². The zero-order valence-corrected chi connectivity index (χ0v) is 17.4. The number of fused-ring (bicyclic) bond motifs is 1. The van der Waals surface area contributed by atoms with Crippen LogP contribution in [0.3, 0.4) is 0 Å². The molecule has 1 atom stereocenters. The van der Waals surface area contributed by atoms with Crippen molar-refractivity contribution >= 4 is 29.3 Å². The summed E-state index contributed by atoms with van der Waals surface area (Å²) in [6.07, 6.45) is 0.227. The van der Waals surface area contributed by atoms with Gasteiger partial charge in [0, 0.05) is 41.9 Å². The molecule has 152 valence electrons. The monoisotopic (exact) mass is 412 g/mol. The maximum Gasteiger partial charge on any atom is 0.231 e. The van der Waals surface area contributed by atoms with Crippen molar-refractivity contribution in [2.75, 3.05) is 30.5 Å². The first-order chi connectivity index (χ1) is 14.0. The van der Waals surface area contributed by atoms with Crippen LogP contribution < -0.4 is 19.7 Å². The molecule has 7 heteroatoms. The first kappa shape index (κ1) is 19.6. The highest BCUT2D eigenvalue weighted by molar-refractivity contribution is 7.99. The summed E-state index contributed by atoms with van der Waals surface area (Å²) in [5, 5.41) is 2.97. The molecule has 0 aliphatic carbocycles. The van der Waals surface area contributed by atoms with E-state index in [1.165, 1.54) is 16.0 Å². The number of rotatable bonds is 6. The van der Waals surface area contributed by atoms with Crippen molar-refractivity contribution < 1.29 is 19.1 Å². The topological polar surface area (TPSA) is 67.9 Å². The summed E-state index contributed by atoms with van der Waals surface area (Å²) in [6.45, 7) is 5.35. The molecule has 2 aliphatic rings. The molecule has 2 aliphatic heterocycles. The van der Waals surface area contributed by atoms with Gasteiger partial charge in [0.05, 0.1) is 5.92 Å². The van der Waals surface area contributed by atoms with Gasteiger partial charge in [-0.2, -0.15) is 0 Å². The molecule has 0 bridgehead atoms. The third kappa shape index (κ3) is 4.34. The minimum atomic E-state index is -0.334. The van der Waals surface area contributed by atoms with E-state index in [4.69, 9.17) is 9.47 Å². The Hall–Kier alpha value is -2.67. The number of anilines is 1. The van der Waals surface area contributed by atoms with Gasteiger partial charge in [-0.15, -0.1) is 11.8 Å². The van der Waals surface area contributed by atoms with Crippen LogP contribution in [-0.4, -0.2) is 37.4 Å². The number of nitrogens with one attached hydrogen (secondary N) is 1. The summed E-state index contributed by atoms with van der Waals surface area (Å²) in [5.41, 5.74) is 3.28. The fourth-order valence-electron chi connectivity index (χ4n) is 3.48. The van der Waals surface area contributed by atoms with Crippen molar-refractivity contribution in [2.24, 2.45) is 5.92 Å². The third-order valence-corrected chi connectivity index (χ3v) is 6.31. The Balaban J connectivity index is 1.27. The third-order valence-electron chi connectivity index (χ3n) is 5.31. The second-order valence-corrected chi connectivity index (χ2v) is 8.50. The summed E-state index contributed by atoms with van der Waals surface area (Å²) >= 11 is 1.72. The van der Waals surface area contributed by atoms with Crippen LogP contribution in [0.25, 0.3) is 0 Å². The van der Waals surface area contributed by atoms with Gasteiger partial charge in [0.1, 0.15) is 0 Å². The van der Waals surface area contributed by atoms with Gasteiger partial charge < -0.3 is 19.7 Å². The number of thioether (sulfide) groups is 1.